The molecule has 0 atom stereocenters. The van der Waals surface area contributed by atoms with Crippen LogP contribution in [0.2, 0.25) is 0 Å². The molecule has 0 spiro atoms. The molecular formula is C16H12OS. The average molecular weight is 252 g/mol. The lowest BCUT2D eigenvalue weighted by molar-refractivity contribution is 1.14. The first-order valence-corrected chi connectivity index (χ1v) is 7.10. The first-order chi connectivity index (χ1) is 8.83. The van der Waals surface area contributed by atoms with Crippen LogP contribution < -0.4 is 5.43 Å². The van der Waals surface area contributed by atoms with Crippen molar-refractivity contribution in [2.75, 3.05) is 0 Å². The van der Waals surface area contributed by atoms with Crippen LogP contribution in [0.5, 0.6) is 0 Å². The molecule has 1 nitrogen and oxygen atoms in total. The van der Waals surface area contributed by atoms with Crippen LogP contribution in [0.15, 0.2) is 47.3 Å². The molecule has 0 aliphatic heterocycles. The molecule has 3 aromatic rings. The maximum Gasteiger partial charge on any atom is 0.195 e. The zero-order chi connectivity index (χ0) is 12.1. The van der Waals surface area contributed by atoms with Crippen LogP contribution in [0.3, 0.4) is 0 Å². The minimum Gasteiger partial charge on any atom is -0.289 e. The van der Waals surface area contributed by atoms with Gasteiger partial charge < -0.3 is 0 Å². The summed E-state index contributed by atoms with van der Waals surface area (Å²) < 4.78 is 2.18. The van der Waals surface area contributed by atoms with Crippen LogP contribution in [0.1, 0.15) is 24.3 Å². The number of hydrogen-bond donors (Lipinski definition) is 0. The molecule has 0 bridgehead atoms. The second-order valence-electron chi connectivity index (χ2n) is 4.96. The van der Waals surface area contributed by atoms with Crippen LogP contribution in [-0.4, -0.2) is 0 Å². The molecule has 1 heterocycles. The van der Waals surface area contributed by atoms with Gasteiger partial charge in [-0.15, -0.1) is 11.3 Å². The molecule has 1 aliphatic carbocycles. The zero-order valence-corrected chi connectivity index (χ0v) is 10.7. The van der Waals surface area contributed by atoms with Gasteiger partial charge in [0, 0.05) is 20.2 Å². The Kier molecular flexibility index (Phi) is 2.09. The average Bonchev–Trinajstić information content (AvgIpc) is 3.23. The molecule has 1 aliphatic rings. The summed E-state index contributed by atoms with van der Waals surface area (Å²) in [6.45, 7) is 0. The first-order valence-electron chi connectivity index (χ1n) is 6.28. The monoisotopic (exact) mass is 252 g/mol. The van der Waals surface area contributed by atoms with E-state index in [1.807, 2.05) is 24.3 Å². The van der Waals surface area contributed by atoms with Crippen molar-refractivity contribution in [1.29, 1.82) is 0 Å². The van der Waals surface area contributed by atoms with Crippen LogP contribution >= 0.6 is 11.3 Å². The molecule has 0 N–H and O–H groups in total. The van der Waals surface area contributed by atoms with E-state index >= 15 is 0 Å². The summed E-state index contributed by atoms with van der Waals surface area (Å²) in [5, 5.41) is 1.74. The Bertz CT molecular complexity index is 812. The maximum absolute atomic E-state index is 12.5. The Balaban J connectivity index is 2.13. The Hall–Kier alpha value is -1.67. The van der Waals surface area contributed by atoms with Gasteiger partial charge in [0.15, 0.2) is 5.43 Å². The molecule has 0 unspecified atom stereocenters. The quantitative estimate of drug-likeness (QED) is 0.590. The highest BCUT2D eigenvalue weighted by atomic mass is 32.1. The Labute approximate surface area is 109 Å². The molecule has 4 rings (SSSR count). The van der Waals surface area contributed by atoms with Crippen molar-refractivity contribution in [3.8, 4) is 0 Å². The van der Waals surface area contributed by atoms with Crippen LogP contribution in [0.4, 0.5) is 0 Å². The number of hydrogen-bond acceptors (Lipinski definition) is 2. The van der Waals surface area contributed by atoms with Crippen molar-refractivity contribution >= 4 is 31.5 Å². The van der Waals surface area contributed by atoms with Gasteiger partial charge in [-0.25, -0.2) is 0 Å². The fourth-order valence-corrected chi connectivity index (χ4v) is 3.54. The topological polar surface area (TPSA) is 17.1 Å². The molecule has 0 amide bonds. The van der Waals surface area contributed by atoms with Crippen LogP contribution in [0.25, 0.3) is 20.2 Å². The predicted molar refractivity (Wildman–Crippen MR) is 77.6 cm³/mol. The van der Waals surface area contributed by atoms with E-state index in [9.17, 15) is 4.79 Å². The minimum atomic E-state index is 0.182. The van der Waals surface area contributed by atoms with Gasteiger partial charge in [-0.1, -0.05) is 18.2 Å². The van der Waals surface area contributed by atoms with E-state index < -0.39 is 0 Å². The van der Waals surface area contributed by atoms with Gasteiger partial charge in [0.2, 0.25) is 0 Å². The normalized spacial score (nSPS) is 15.3. The second-order valence-corrected chi connectivity index (χ2v) is 6.04. The van der Waals surface area contributed by atoms with E-state index in [1.54, 1.807) is 11.3 Å². The molecule has 0 saturated heterocycles. The second kappa shape index (κ2) is 3.66. The van der Waals surface area contributed by atoms with Crippen LogP contribution in [0, 0.1) is 0 Å². The van der Waals surface area contributed by atoms with Gasteiger partial charge in [0.1, 0.15) is 0 Å². The summed E-state index contributed by atoms with van der Waals surface area (Å²) in [5.74, 6) is 0.699. The summed E-state index contributed by atoms with van der Waals surface area (Å²) in [6.07, 6.45) is 2.55. The van der Waals surface area contributed by atoms with Crippen molar-refractivity contribution in [2.24, 2.45) is 0 Å². The zero-order valence-electron chi connectivity index (χ0n) is 9.85. The molecule has 1 aromatic heterocycles. The van der Waals surface area contributed by atoms with E-state index in [4.69, 9.17) is 0 Å². The number of rotatable bonds is 1. The molecular weight excluding hydrogens is 240 g/mol. The highest BCUT2D eigenvalue weighted by Crippen LogP contribution is 2.41. The van der Waals surface area contributed by atoms with Gasteiger partial charge in [-0.2, -0.15) is 0 Å². The smallest absolute Gasteiger partial charge is 0.195 e. The van der Waals surface area contributed by atoms with E-state index in [0.717, 1.165) is 20.2 Å². The maximum atomic E-state index is 12.5. The predicted octanol–water partition coefficient (Wildman–Crippen LogP) is 4.29. The highest BCUT2D eigenvalue weighted by Gasteiger charge is 2.23. The molecule has 2 aromatic carbocycles. The Morgan fingerprint density at radius 1 is 0.944 bits per heavy atom. The van der Waals surface area contributed by atoms with E-state index in [1.165, 1.54) is 18.4 Å². The largest absolute Gasteiger partial charge is 0.289 e. The van der Waals surface area contributed by atoms with Gasteiger partial charge >= 0.3 is 0 Å². The highest BCUT2D eigenvalue weighted by molar-refractivity contribution is 7.24. The van der Waals surface area contributed by atoms with Crippen molar-refractivity contribution in [3.63, 3.8) is 0 Å². The summed E-state index contributed by atoms with van der Waals surface area (Å²) in [7, 11) is 0. The number of benzene rings is 2. The summed E-state index contributed by atoms with van der Waals surface area (Å²) in [4.78, 5) is 12.5. The van der Waals surface area contributed by atoms with Gasteiger partial charge in [0.05, 0.1) is 0 Å². The third-order valence-electron chi connectivity index (χ3n) is 3.65. The minimum absolute atomic E-state index is 0.182. The summed E-state index contributed by atoms with van der Waals surface area (Å²) in [6, 6.07) is 14.3. The standard InChI is InChI=1S/C16H12OS/c17-16-12-3-1-2-4-14(12)18-15-8-7-11(9-13(15)16)10-5-6-10/h1-4,7-10H,5-6H2. The first kappa shape index (κ1) is 10.3. The van der Waals surface area contributed by atoms with Gasteiger partial charge in [-0.3, -0.25) is 4.79 Å². The van der Waals surface area contributed by atoms with E-state index in [2.05, 4.69) is 18.2 Å². The third kappa shape index (κ3) is 1.49. The fourth-order valence-electron chi connectivity index (χ4n) is 2.49. The van der Waals surface area contributed by atoms with Crippen LogP contribution in [-0.2, 0) is 0 Å². The third-order valence-corrected chi connectivity index (χ3v) is 4.80. The Morgan fingerprint density at radius 3 is 2.56 bits per heavy atom. The molecule has 18 heavy (non-hydrogen) atoms. The lowest BCUT2D eigenvalue weighted by Crippen LogP contribution is -2.01. The molecule has 1 fully saturated rings. The van der Waals surface area contributed by atoms with E-state index in [0.29, 0.717) is 5.92 Å². The Morgan fingerprint density at radius 2 is 1.72 bits per heavy atom. The fraction of sp³-hybridized carbons (Fsp3) is 0.188. The van der Waals surface area contributed by atoms with Crippen molar-refractivity contribution in [2.45, 2.75) is 18.8 Å². The molecule has 0 radical (unpaired) electrons. The van der Waals surface area contributed by atoms with Crippen molar-refractivity contribution in [1.82, 2.24) is 0 Å². The molecule has 2 heteroatoms. The van der Waals surface area contributed by atoms with Crippen molar-refractivity contribution < 1.29 is 0 Å². The summed E-state index contributed by atoms with van der Waals surface area (Å²) in [5.41, 5.74) is 1.52. The molecule has 88 valence electrons. The van der Waals surface area contributed by atoms with Gasteiger partial charge in [0.25, 0.3) is 0 Å². The van der Waals surface area contributed by atoms with E-state index in [-0.39, 0.29) is 5.43 Å². The molecule has 1 saturated carbocycles. The van der Waals surface area contributed by atoms with Crippen molar-refractivity contribution in [3.05, 3.63) is 58.3 Å². The SMILES string of the molecule is O=c1c2ccccc2sc2ccc(C3CC3)cc12. The lowest BCUT2D eigenvalue weighted by atomic mass is 10.1. The van der Waals surface area contributed by atoms with Gasteiger partial charge in [-0.05, 0) is 48.6 Å². The summed E-state index contributed by atoms with van der Waals surface area (Å²) >= 11 is 1.71. The lowest BCUT2D eigenvalue weighted by Gasteiger charge is -2.03. The number of fused-ring (bicyclic) bond motifs is 2.